The van der Waals surface area contributed by atoms with Crippen molar-refractivity contribution in [2.75, 3.05) is 18.4 Å². The number of carbonyl (C=O) groups is 2. The first-order chi connectivity index (χ1) is 15.4. The van der Waals surface area contributed by atoms with Gasteiger partial charge in [-0.2, -0.15) is 0 Å². The second-order valence-corrected chi connectivity index (χ2v) is 8.00. The van der Waals surface area contributed by atoms with Crippen molar-refractivity contribution in [3.8, 4) is 0 Å². The van der Waals surface area contributed by atoms with Gasteiger partial charge in [0.1, 0.15) is 5.82 Å². The molecule has 2 aromatic heterocycles. The van der Waals surface area contributed by atoms with Gasteiger partial charge in [-0.1, -0.05) is 18.2 Å². The average molecular weight is 431 g/mol. The van der Waals surface area contributed by atoms with Gasteiger partial charge in [0.2, 0.25) is 5.56 Å². The largest absolute Gasteiger partial charge is 0.338 e. The Labute approximate surface area is 185 Å². The van der Waals surface area contributed by atoms with Crippen LogP contribution in [0.5, 0.6) is 0 Å². The van der Waals surface area contributed by atoms with Gasteiger partial charge in [-0.15, -0.1) is 0 Å². The summed E-state index contributed by atoms with van der Waals surface area (Å²) in [7, 11) is 1.63. The fourth-order valence-corrected chi connectivity index (χ4v) is 3.90. The molecule has 3 heterocycles. The number of aromatic nitrogens is 3. The van der Waals surface area contributed by atoms with Crippen LogP contribution in [-0.2, 0) is 7.05 Å². The highest BCUT2D eigenvalue weighted by Gasteiger charge is 2.28. The quantitative estimate of drug-likeness (QED) is 0.685. The Hall–Kier alpha value is -3.81. The molecule has 1 N–H and O–H groups in total. The van der Waals surface area contributed by atoms with Crippen LogP contribution in [0.15, 0.2) is 59.7 Å². The second kappa shape index (κ2) is 9.13. The summed E-state index contributed by atoms with van der Waals surface area (Å²) in [5.41, 5.74) is 2.06. The molecule has 0 radical (unpaired) electrons. The molecule has 0 saturated carbocycles. The van der Waals surface area contributed by atoms with Crippen molar-refractivity contribution in [2.24, 2.45) is 7.05 Å². The minimum absolute atomic E-state index is 0.00911. The Morgan fingerprint density at radius 2 is 1.91 bits per heavy atom. The van der Waals surface area contributed by atoms with E-state index in [0.29, 0.717) is 41.4 Å². The molecular weight excluding hydrogens is 406 g/mol. The lowest BCUT2D eigenvalue weighted by Gasteiger charge is -2.32. The van der Waals surface area contributed by atoms with E-state index in [4.69, 9.17) is 0 Å². The number of carbonyl (C=O) groups excluding carboxylic acids is 2. The van der Waals surface area contributed by atoms with Gasteiger partial charge < -0.3 is 14.8 Å². The number of benzene rings is 1. The third-order valence-electron chi connectivity index (χ3n) is 5.68. The molecule has 32 heavy (non-hydrogen) atoms. The highest BCUT2D eigenvalue weighted by atomic mass is 16.2. The van der Waals surface area contributed by atoms with Crippen molar-refractivity contribution >= 4 is 17.5 Å². The van der Waals surface area contributed by atoms with Gasteiger partial charge in [0, 0.05) is 50.2 Å². The van der Waals surface area contributed by atoms with Crippen molar-refractivity contribution < 1.29 is 9.59 Å². The summed E-state index contributed by atoms with van der Waals surface area (Å²) < 4.78 is 1.40. The minimum atomic E-state index is -0.254. The molecule has 1 unspecified atom stereocenters. The van der Waals surface area contributed by atoms with Crippen molar-refractivity contribution in [1.82, 2.24) is 19.4 Å². The van der Waals surface area contributed by atoms with Crippen LogP contribution in [0.3, 0.4) is 0 Å². The molecule has 8 nitrogen and oxygen atoms in total. The van der Waals surface area contributed by atoms with Gasteiger partial charge in [-0.05, 0) is 38.0 Å². The van der Waals surface area contributed by atoms with Gasteiger partial charge >= 0.3 is 0 Å². The highest BCUT2D eigenvalue weighted by molar-refractivity contribution is 6.04. The first kappa shape index (κ1) is 21.4. The van der Waals surface area contributed by atoms with Crippen LogP contribution >= 0.6 is 0 Å². The molecule has 2 amide bonds. The summed E-state index contributed by atoms with van der Waals surface area (Å²) in [6.07, 6.45) is 4.83. The van der Waals surface area contributed by atoms with E-state index in [2.05, 4.69) is 15.3 Å². The lowest BCUT2D eigenvalue weighted by Crippen LogP contribution is -2.40. The molecule has 1 saturated heterocycles. The molecule has 1 aromatic carbocycles. The molecule has 0 bridgehead atoms. The first-order valence-corrected chi connectivity index (χ1v) is 10.6. The van der Waals surface area contributed by atoms with Gasteiger partial charge in [-0.3, -0.25) is 14.4 Å². The van der Waals surface area contributed by atoms with Gasteiger partial charge in [0.25, 0.3) is 11.8 Å². The lowest BCUT2D eigenvalue weighted by atomic mass is 9.96. The third kappa shape index (κ3) is 4.59. The molecule has 0 aliphatic carbocycles. The average Bonchev–Trinajstić information content (AvgIpc) is 2.81. The Morgan fingerprint density at radius 3 is 2.62 bits per heavy atom. The summed E-state index contributed by atoms with van der Waals surface area (Å²) in [6.45, 7) is 2.94. The molecule has 1 aliphatic rings. The van der Waals surface area contributed by atoms with E-state index in [1.807, 2.05) is 30.3 Å². The molecule has 1 atom stereocenters. The number of nitrogens with zero attached hydrogens (tertiary/aromatic N) is 4. The predicted molar refractivity (Wildman–Crippen MR) is 121 cm³/mol. The molecule has 4 rings (SSSR count). The van der Waals surface area contributed by atoms with Gasteiger partial charge in [0.05, 0.1) is 16.8 Å². The topological polar surface area (TPSA) is 97.2 Å². The van der Waals surface area contributed by atoms with Crippen molar-refractivity contribution in [1.29, 1.82) is 0 Å². The van der Waals surface area contributed by atoms with Crippen LogP contribution in [0.25, 0.3) is 0 Å². The predicted octanol–water partition coefficient (Wildman–Crippen LogP) is 2.76. The number of anilines is 1. The number of amides is 2. The summed E-state index contributed by atoms with van der Waals surface area (Å²) >= 11 is 0. The maximum atomic E-state index is 12.9. The Balaban J connectivity index is 1.48. The van der Waals surface area contributed by atoms with Gasteiger partial charge in [0.15, 0.2) is 0 Å². The molecular formula is C24H25N5O3. The first-order valence-electron chi connectivity index (χ1n) is 10.6. The van der Waals surface area contributed by atoms with Crippen LogP contribution < -0.4 is 10.9 Å². The molecule has 8 heteroatoms. The highest BCUT2D eigenvalue weighted by Crippen LogP contribution is 2.26. The number of para-hydroxylation sites is 1. The van der Waals surface area contributed by atoms with Crippen molar-refractivity contribution in [3.63, 3.8) is 0 Å². The number of likely N-dealkylation sites (tertiary alicyclic amines) is 1. The molecule has 1 fully saturated rings. The Kier molecular flexibility index (Phi) is 6.11. The van der Waals surface area contributed by atoms with Crippen LogP contribution in [0, 0.1) is 6.92 Å². The fraction of sp³-hybridized carbons (Fsp3) is 0.292. The summed E-state index contributed by atoms with van der Waals surface area (Å²) in [6, 6.07) is 12.2. The Morgan fingerprint density at radius 1 is 1.12 bits per heavy atom. The molecule has 1 aliphatic heterocycles. The van der Waals surface area contributed by atoms with E-state index >= 15 is 0 Å². The maximum Gasteiger partial charge on any atom is 0.259 e. The zero-order valence-corrected chi connectivity index (χ0v) is 18.1. The normalized spacial score (nSPS) is 15.9. The summed E-state index contributed by atoms with van der Waals surface area (Å²) in [4.78, 5) is 48.0. The number of hydrogen-bond donors (Lipinski definition) is 1. The van der Waals surface area contributed by atoms with E-state index in [1.54, 1.807) is 37.3 Å². The Bertz CT molecular complexity index is 1210. The van der Waals surface area contributed by atoms with E-state index in [1.165, 1.54) is 10.6 Å². The number of hydrogen-bond acceptors (Lipinski definition) is 5. The van der Waals surface area contributed by atoms with Gasteiger partial charge in [-0.25, -0.2) is 9.97 Å². The van der Waals surface area contributed by atoms with E-state index in [0.717, 1.165) is 12.8 Å². The lowest BCUT2D eigenvalue weighted by molar-refractivity contribution is 0.0703. The number of rotatable bonds is 4. The smallest absolute Gasteiger partial charge is 0.259 e. The maximum absolute atomic E-state index is 12.9. The van der Waals surface area contributed by atoms with E-state index in [-0.39, 0.29) is 23.3 Å². The van der Waals surface area contributed by atoms with E-state index < -0.39 is 0 Å². The number of piperidine rings is 1. The second-order valence-electron chi connectivity index (χ2n) is 8.00. The monoisotopic (exact) mass is 431 g/mol. The van der Waals surface area contributed by atoms with Crippen LogP contribution in [0.1, 0.15) is 51.0 Å². The summed E-state index contributed by atoms with van der Waals surface area (Å²) in [5.74, 6) is 0.262. The van der Waals surface area contributed by atoms with E-state index in [9.17, 15) is 14.4 Å². The summed E-state index contributed by atoms with van der Waals surface area (Å²) in [5, 5.41) is 2.85. The number of pyridine rings is 1. The van der Waals surface area contributed by atoms with Crippen molar-refractivity contribution in [3.05, 3.63) is 87.9 Å². The zero-order chi connectivity index (χ0) is 22.7. The third-order valence-corrected chi connectivity index (χ3v) is 5.68. The zero-order valence-electron chi connectivity index (χ0n) is 18.1. The van der Waals surface area contributed by atoms with Crippen LogP contribution in [0.2, 0.25) is 0 Å². The SMILES string of the molecule is Cc1nc(C2CCCN(C(=O)c3ccc(=O)n(C)c3)C2)ncc1C(=O)Nc1ccccc1. The minimum Gasteiger partial charge on any atom is -0.338 e. The number of aryl methyl sites for hydroxylation is 2. The number of nitrogens with one attached hydrogen (secondary N) is 1. The fourth-order valence-electron chi connectivity index (χ4n) is 3.90. The van der Waals surface area contributed by atoms with Crippen LogP contribution in [-0.4, -0.2) is 44.3 Å². The van der Waals surface area contributed by atoms with Crippen molar-refractivity contribution in [2.45, 2.75) is 25.7 Å². The standard InChI is InChI=1S/C24H25N5O3/c1-16-20(23(31)27-19-8-4-3-5-9-19)13-25-22(26-16)17-7-6-12-29(15-17)24(32)18-10-11-21(30)28(2)14-18/h3-5,8-11,13-14,17H,6-7,12,15H2,1-2H3,(H,27,31). The molecule has 164 valence electrons. The molecule has 0 spiro atoms. The van der Waals surface area contributed by atoms with Crippen LogP contribution in [0.4, 0.5) is 5.69 Å². The molecule has 3 aromatic rings.